The van der Waals surface area contributed by atoms with Gasteiger partial charge in [0.2, 0.25) is 5.91 Å². The molecule has 0 saturated carbocycles. The van der Waals surface area contributed by atoms with Gasteiger partial charge < -0.3 is 20.1 Å². The molecule has 0 bridgehead atoms. The number of hydrogen-bond donors (Lipinski definition) is 1. The fourth-order valence-corrected chi connectivity index (χ4v) is 3.31. The highest BCUT2D eigenvalue weighted by molar-refractivity contribution is 5.83. The Morgan fingerprint density at radius 1 is 1.57 bits per heavy atom. The molecule has 0 aromatic carbocycles. The molecule has 21 heavy (non-hydrogen) atoms. The van der Waals surface area contributed by atoms with Crippen molar-refractivity contribution < 1.29 is 14.3 Å². The number of nitrogens with zero attached hydrogens (tertiary/aromatic N) is 3. The van der Waals surface area contributed by atoms with Crippen molar-refractivity contribution in [3.63, 3.8) is 0 Å². The van der Waals surface area contributed by atoms with Gasteiger partial charge in [-0.05, 0) is 13.3 Å². The van der Waals surface area contributed by atoms with Crippen LogP contribution in [0.1, 0.15) is 12.1 Å². The predicted molar refractivity (Wildman–Crippen MR) is 76.1 cm³/mol. The van der Waals surface area contributed by atoms with Crippen LogP contribution < -0.4 is 15.4 Å². The zero-order valence-electron chi connectivity index (χ0n) is 12.3. The molecule has 3 rings (SSSR count). The van der Waals surface area contributed by atoms with E-state index in [1.807, 2.05) is 13.0 Å². The van der Waals surface area contributed by atoms with E-state index in [-0.39, 0.29) is 11.8 Å². The van der Waals surface area contributed by atoms with Gasteiger partial charge in [0.05, 0.1) is 19.1 Å². The summed E-state index contributed by atoms with van der Waals surface area (Å²) < 4.78 is 10.6. The molecule has 1 aromatic heterocycles. The van der Waals surface area contributed by atoms with Gasteiger partial charge in [-0.2, -0.15) is 4.98 Å². The molecule has 0 aliphatic carbocycles. The number of methoxy groups -OCH3 is 1. The van der Waals surface area contributed by atoms with E-state index < -0.39 is 5.41 Å². The molecule has 3 heterocycles. The Bertz CT molecular complexity index is 565. The highest BCUT2D eigenvalue weighted by atomic mass is 16.5. The van der Waals surface area contributed by atoms with Crippen LogP contribution in [0.3, 0.4) is 0 Å². The zero-order chi connectivity index (χ0) is 15.0. The number of aromatic nitrogens is 2. The number of amides is 1. The summed E-state index contributed by atoms with van der Waals surface area (Å²) >= 11 is 0. The third-order valence-electron chi connectivity index (χ3n) is 4.52. The smallest absolute Gasteiger partial charge is 0.318 e. The molecule has 2 saturated heterocycles. The van der Waals surface area contributed by atoms with E-state index in [1.165, 1.54) is 0 Å². The molecule has 2 aliphatic rings. The third-order valence-corrected chi connectivity index (χ3v) is 4.52. The molecule has 0 spiro atoms. The lowest BCUT2D eigenvalue weighted by atomic mass is 9.74. The van der Waals surface area contributed by atoms with E-state index in [2.05, 4.69) is 14.9 Å². The highest BCUT2D eigenvalue weighted by Crippen LogP contribution is 2.43. The summed E-state index contributed by atoms with van der Waals surface area (Å²) in [7, 11) is 1.54. The Morgan fingerprint density at radius 3 is 3.05 bits per heavy atom. The van der Waals surface area contributed by atoms with Gasteiger partial charge in [-0.15, -0.1) is 0 Å². The first-order chi connectivity index (χ1) is 10.0. The Morgan fingerprint density at radius 2 is 2.38 bits per heavy atom. The van der Waals surface area contributed by atoms with Crippen LogP contribution in [0.5, 0.6) is 6.01 Å². The average Bonchev–Trinajstić information content (AvgIpc) is 2.87. The van der Waals surface area contributed by atoms with Crippen molar-refractivity contribution in [3.05, 3.63) is 11.8 Å². The summed E-state index contributed by atoms with van der Waals surface area (Å²) in [5.74, 6) is 0.649. The maximum Gasteiger partial charge on any atom is 0.318 e. The van der Waals surface area contributed by atoms with Gasteiger partial charge in [0.15, 0.2) is 0 Å². The van der Waals surface area contributed by atoms with Crippen LogP contribution in [-0.4, -0.2) is 49.3 Å². The molecule has 2 aliphatic heterocycles. The first-order valence-corrected chi connectivity index (χ1v) is 7.07. The molecule has 2 atom stereocenters. The van der Waals surface area contributed by atoms with Crippen LogP contribution in [-0.2, 0) is 9.53 Å². The van der Waals surface area contributed by atoms with Gasteiger partial charge in [-0.3, -0.25) is 4.79 Å². The van der Waals surface area contributed by atoms with E-state index in [0.717, 1.165) is 11.5 Å². The summed E-state index contributed by atoms with van der Waals surface area (Å²) in [6, 6.07) is 2.24. The molecule has 0 unspecified atom stereocenters. The number of carbonyl (C=O) groups excluding carboxylic acids is 1. The number of ether oxygens (including phenoxy) is 2. The molecule has 0 radical (unpaired) electrons. The fraction of sp³-hybridized carbons (Fsp3) is 0.643. The van der Waals surface area contributed by atoms with Crippen molar-refractivity contribution in [2.45, 2.75) is 13.3 Å². The standard InChI is InChI=1S/C14H20N4O3/c1-9-5-11(17-13(16-9)20-2)18-6-10-7-21-4-3-14(10,8-18)12(15)19/h5,10H,3-4,6-8H2,1-2H3,(H2,15,19)/t10-,14+/m1/s1. The topological polar surface area (TPSA) is 90.6 Å². The second kappa shape index (κ2) is 5.14. The van der Waals surface area contributed by atoms with Crippen LogP contribution in [0.15, 0.2) is 6.07 Å². The third kappa shape index (κ3) is 2.31. The minimum absolute atomic E-state index is 0.116. The largest absolute Gasteiger partial charge is 0.467 e. The highest BCUT2D eigenvalue weighted by Gasteiger charge is 2.52. The van der Waals surface area contributed by atoms with Crippen LogP contribution in [0.2, 0.25) is 0 Å². The molecule has 1 amide bonds. The van der Waals surface area contributed by atoms with Crippen molar-refractivity contribution in [2.75, 3.05) is 38.3 Å². The first-order valence-electron chi connectivity index (χ1n) is 7.07. The van der Waals surface area contributed by atoms with Crippen LogP contribution in [0.25, 0.3) is 0 Å². The Hall–Kier alpha value is -1.89. The molecule has 2 N–H and O–H groups in total. The van der Waals surface area contributed by atoms with E-state index in [4.69, 9.17) is 15.2 Å². The SMILES string of the molecule is COc1nc(C)cc(N2C[C@@H]3COCC[C@]3(C(N)=O)C2)n1. The van der Waals surface area contributed by atoms with E-state index >= 15 is 0 Å². The number of hydrogen-bond acceptors (Lipinski definition) is 6. The summed E-state index contributed by atoms with van der Waals surface area (Å²) in [5, 5.41) is 0. The van der Waals surface area contributed by atoms with Crippen molar-refractivity contribution >= 4 is 11.7 Å². The maximum absolute atomic E-state index is 12.0. The first kappa shape index (κ1) is 14.1. The number of carbonyl (C=O) groups is 1. The van der Waals surface area contributed by atoms with Gasteiger partial charge in [-0.1, -0.05) is 0 Å². The summed E-state index contributed by atoms with van der Waals surface area (Å²) in [5.41, 5.74) is 6.01. The monoisotopic (exact) mass is 292 g/mol. The summed E-state index contributed by atoms with van der Waals surface area (Å²) in [6.07, 6.45) is 0.671. The van der Waals surface area contributed by atoms with Crippen LogP contribution >= 0.6 is 0 Å². The second-order valence-electron chi connectivity index (χ2n) is 5.78. The Kier molecular flexibility index (Phi) is 3.44. The molecule has 7 nitrogen and oxygen atoms in total. The van der Waals surface area contributed by atoms with Gasteiger partial charge in [0, 0.05) is 37.4 Å². The summed E-state index contributed by atoms with van der Waals surface area (Å²) in [4.78, 5) is 22.7. The van der Waals surface area contributed by atoms with Crippen molar-refractivity contribution in [2.24, 2.45) is 17.1 Å². The van der Waals surface area contributed by atoms with Gasteiger partial charge in [0.1, 0.15) is 5.82 Å². The van der Waals surface area contributed by atoms with Crippen LogP contribution in [0.4, 0.5) is 5.82 Å². The second-order valence-corrected chi connectivity index (χ2v) is 5.78. The van der Waals surface area contributed by atoms with Crippen LogP contribution in [0, 0.1) is 18.3 Å². The van der Waals surface area contributed by atoms with Crippen molar-refractivity contribution in [3.8, 4) is 6.01 Å². The molecular weight excluding hydrogens is 272 g/mol. The summed E-state index contributed by atoms with van der Waals surface area (Å²) in [6.45, 7) is 4.34. The lowest BCUT2D eigenvalue weighted by Crippen LogP contribution is -2.48. The Balaban J connectivity index is 1.92. The number of fused-ring (bicyclic) bond motifs is 1. The van der Waals surface area contributed by atoms with Gasteiger partial charge in [0.25, 0.3) is 0 Å². The molecule has 114 valence electrons. The minimum Gasteiger partial charge on any atom is -0.467 e. The fourth-order valence-electron chi connectivity index (χ4n) is 3.31. The average molecular weight is 292 g/mol. The normalized spacial score (nSPS) is 28.3. The number of primary amides is 1. The number of nitrogens with two attached hydrogens (primary N) is 1. The van der Waals surface area contributed by atoms with E-state index in [1.54, 1.807) is 7.11 Å². The lowest BCUT2D eigenvalue weighted by Gasteiger charge is -2.35. The molecule has 2 fully saturated rings. The van der Waals surface area contributed by atoms with Crippen molar-refractivity contribution in [1.82, 2.24) is 9.97 Å². The molecule has 1 aromatic rings. The van der Waals surface area contributed by atoms with Crippen molar-refractivity contribution in [1.29, 1.82) is 0 Å². The lowest BCUT2D eigenvalue weighted by molar-refractivity contribution is -0.135. The minimum atomic E-state index is -0.510. The maximum atomic E-state index is 12.0. The van der Waals surface area contributed by atoms with E-state index in [9.17, 15) is 4.79 Å². The Labute approximate surface area is 123 Å². The van der Waals surface area contributed by atoms with E-state index in [0.29, 0.717) is 38.7 Å². The quantitative estimate of drug-likeness (QED) is 0.851. The zero-order valence-corrected chi connectivity index (χ0v) is 12.3. The number of rotatable bonds is 3. The van der Waals surface area contributed by atoms with Gasteiger partial charge >= 0.3 is 6.01 Å². The number of anilines is 1. The number of aryl methyl sites for hydroxylation is 1. The predicted octanol–water partition coefficient (Wildman–Crippen LogP) is 0.122. The molecular formula is C14H20N4O3. The van der Waals surface area contributed by atoms with Gasteiger partial charge in [-0.25, -0.2) is 4.98 Å². The molecule has 7 heteroatoms.